The summed E-state index contributed by atoms with van der Waals surface area (Å²) in [5.41, 5.74) is 0. The molecule has 0 amide bonds. The van der Waals surface area contributed by atoms with E-state index >= 15 is 0 Å². The van der Waals surface area contributed by atoms with Gasteiger partial charge in [0.05, 0.1) is 12.3 Å². The monoisotopic (exact) mass is 292 g/mol. The minimum Gasteiger partial charge on any atom is -0.325 e. The second-order valence-corrected chi connectivity index (χ2v) is 4.86. The molecule has 0 heterocycles. The zero-order chi connectivity index (χ0) is 13.9. The van der Waals surface area contributed by atoms with Gasteiger partial charge in [0, 0.05) is 0 Å². The van der Waals surface area contributed by atoms with Gasteiger partial charge in [-0.2, -0.15) is 16.8 Å². The van der Waals surface area contributed by atoms with E-state index in [1.54, 1.807) is 0 Å². The molecule has 0 radical (unpaired) electrons. The van der Waals surface area contributed by atoms with Crippen molar-refractivity contribution in [3.63, 3.8) is 0 Å². The molecule has 0 aromatic rings. The first-order valence-electron chi connectivity index (χ1n) is 3.81. The van der Waals surface area contributed by atoms with Crippen LogP contribution in [0.2, 0.25) is 0 Å². The van der Waals surface area contributed by atoms with Crippen LogP contribution in [0, 0.1) is 5.92 Å². The molecular formula is C5H8O10S2. The van der Waals surface area contributed by atoms with Gasteiger partial charge in [0.2, 0.25) is 0 Å². The molecule has 0 fully saturated rings. The second-order valence-electron chi connectivity index (χ2n) is 2.82. The molecule has 0 aliphatic carbocycles. The predicted octanol–water partition coefficient (Wildman–Crippen LogP) is -1.30. The Balaban J connectivity index is 4.41. The van der Waals surface area contributed by atoms with Crippen molar-refractivity contribution in [1.82, 2.24) is 0 Å². The Morgan fingerprint density at radius 3 is 1.82 bits per heavy atom. The van der Waals surface area contributed by atoms with Gasteiger partial charge >= 0.3 is 32.7 Å². The van der Waals surface area contributed by atoms with Gasteiger partial charge in [-0.15, -0.1) is 0 Å². The smallest absolute Gasteiger partial charge is 0.325 e. The van der Waals surface area contributed by atoms with Gasteiger partial charge < -0.3 is 8.37 Å². The first kappa shape index (κ1) is 15.8. The van der Waals surface area contributed by atoms with Gasteiger partial charge in [-0.25, -0.2) is 0 Å². The van der Waals surface area contributed by atoms with Crippen molar-refractivity contribution in [1.29, 1.82) is 0 Å². The van der Waals surface area contributed by atoms with Gasteiger partial charge in [-0.3, -0.25) is 18.7 Å². The summed E-state index contributed by atoms with van der Waals surface area (Å²) in [5.74, 6) is -4.38. The standard InChI is InChI=1S/C5H8O10S2/c1-3(5(7)15-17(11,12)13)2-4(6)14-16(8,9)10/h3H,2H2,1H3,(H,8,9,10)(H,11,12,13). The molecular weight excluding hydrogens is 284 g/mol. The highest BCUT2D eigenvalue weighted by Crippen LogP contribution is 2.08. The van der Waals surface area contributed by atoms with Crippen LogP contribution in [0.3, 0.4) is 0 Å². The van der Waals surface area contributed by atoms with Crippen molar-refractivity contribution in [3.05, 3.63) is 0 Å². The van der Waals surface area contributed by atoms with E-state index in [0.717, 1.165) is 6.92 Å². The van der Waals surface area contributed by atoms with Crippen molar-refractivity contribution in [2.45, 2.75) is 13.3 Å². The first-order chi connectivity index (χ1) is 7.41. The lowest BCUT2D eigenvalue weighted by atomic mass is 10.1. The molecule has 0 aromatic heterocycles. The van der Waals surface area contributed by atoms with Crippen molar-refractivity contribution in [3.8, 4) is 0 Å². The molecule has 0 saturated carbocycles. The summed E-state index contributed by atoms with van der Waals surface area (Å²) >= 11 is 0. The largest absolute Gasteiger partial charge is 0.448 e. The van der Waals surface area contributed by atoms with Crippen LogP contribution in [-0.4, -0.2) is 37.9 Å². The SMILES string of the molecule is CC(CC(=O)OS(=O)(=O)O)C(=O)OS(=O)(=O)O. The van der Waals surface area contributed by atoms with Crippen molar-refractivity contribution in [2.24, 2.45) is 5.92 Å². The average Bonchev–Trinajstić information content (AvgIpc) is 1.95. The molecule has 1 atom stereocenters. The van der Waals surface area contributed by atoms with E-state index in [1.807, 2.05) is 0 Å². The van der Waals surface area contributed by atoms with Gasteiger partial charge in [-0.05, 0) is 0 Å². The molecule has 0 rings (SSSR count). The molecule has 0 aromatic carbocycles. The fourth-order valence-electron chi connectivity index (χ4n) is 0.671. The van der Waals surface area contributed by atoms with E-state index in [-0.39, 0.29) is 0 Å². The summed E-state index contributed by atoms with van der Waals surface area (Å²) in [4.78, 5) is 21.6. The molecule has 10 nitrogen and oxygen atoms in total. The first-order valence-corrected chi connectivity index (χ1v) is 6.54. The number of carbonyl (C=O) groups is 2. The molecule has 0 saturated heterocycles. The van der Waals surface area contributed by atoms with E-state index in [1.165, 1.54) is 0 Å². The summed E-state index contributed by atoms with van der Waals surface area (Å²) in [6.45, 7) is 1.01. The maximum Gasteiger partial charge on any atom is 0.448 e. The van der Waals surface area contributed by atoms with Gasteiger partial charge in [-0.1, -0.05) is 6.92 Å². The molecule has 100 valence electrons. The number of rotatable bonds is 5. The lowest BCUT2D eigenvalue weighted by Gasteiger charge is -2.07. The van der Waals surface area contributed by atoms with E-state index in [2.05, 4.69) is 8.37 Å². The quantitative estimate of drug-likeness (QED) is 0.582. The van der Waals surface area contributed by atoms with Crippen LogP contribution in [0.4, 0.5) is 0 Å². The fraction of sp³-hybridized carbons (Fsp3) is 0.600. The molecule has 0 aliphatic heterocycles. The summed E-state index contributed by atoms with van der Waals surface area (Å²) in [6, 6.07) is 0. The van der Waals surface area contributed by atoms with E-state index < -0.39 is 45.1 Å². The van der Waals surface area contributed by atoms with Crippen LogP contribution < -0.4 is 0 Å². The Bertz CT molecular complexity index is 499. The van der Waals surface area contributed by atoms with Crippen molar-refractivity contribution >= 4 is 32.7 Å². The molecule has 0 aliphatic rings. The third kappa shape index (κ3) is 8.56. The predicted molar refractivity (Wildman–Crippen MR) is 49.1 cm³/mol. The normalized spacial score (nSPS) is 13.8. The Morgan fingerprint density at radius 1 is 1.06 bits per heavy atom. The molecule has 1 unspecified atom stereocenters. The summed E-state index contributed by atoms with van der Waals surface area (Å²) in [6.07, 6.45) is -0.867. The summed E-state index contributed by atoms with van der Waals surface area (Å²) in [7, 11) is -10.0. The Hall–Kier alpha value is -1.24. The third-order valence-corrected chi connectivity index (χ3v) is 2.03. The van der Waals surface area contributed by atoms with Crippen LogP contribution in [0.1, 0.15) is 13.3 Å². The molecule has 0 bridgehead atoms. The highest BCUT2D eigenvalue weighted by molar-refractivity contribution is 7.81. The van der Waals surface area contributed by atoms with Gasteiger partial charge in [0.15, 0.2) is 0 Å². The average molecular weight is 292 g/mol. The number of carbonyl (C=O) groups excluding carboxylic acids is 2. The molecule has 2 N–H and O–H groups in total. The second kappa shape index (κ2) is 5.39. The maximum atomic E-state index is 10.9. The van der Waals surface area contributed by atoms with Crippen molar-refractivity contribution in [2.75, 3.05) is 0 Å². The number of hydrogen-bond acceptors (Lipinski definition) is 8. The minimum atomic E-state index is -5.01. The van der Waals surface area contributed by atoms with E-state index in [0.29, 0.717) is 0 Å². The fourth-order valence-corrected chi connectivity index (χ4v) is 1.35. The van der Waals surface area contributed by atoms with Crippen LogP contribution in [0.15, 0.2) is 0 Å². The van der Waals surface area contributed by atoms with E-state index in [9.17, 15) is 26.4 Å². The van der Waals surface area contributed by atoms with E-state index in [4.69, 9.17) is 9.11 Å². The zero-order valence-electron chi connectivity index (χ0n) is 8.26. The van der Waals surface area contributed by atoms with Crippen molar-refractivity contribution < 1.29 is 43.9 Å². The number of hydrogen-bond donors (Lipinski definition) is 2. The van der Waals surface area contributed by atoms with Crippen LogP contribution in [0.5, 0.6) is 0 Å². The van der Waals surface area contributed by atoms with Gasteiger partial charge in [0.25, 0.3) is 0 Å². The van der Waals surface area contributed by atoms with Crippen LogP contribution in [-0.2, 0) is 38.8 Å². The summed E-state index contributed by atoms with van der Waals surface area (Å²) < 4.78 is 63.6. The molecule has 0 spiro atoms. The minimum absolute atomic E-state index is 0.867. The highest BCUT2D eigenvalue weighted by atomic mass is 32.3. The topological polar surface area (TPSA) is 161 Å². The van der Waals surface area contributed by atoms with Crippen LogP contribution >= 0.6 is 0 Å². The Labute approximate surface area is 96.4 Å². The van der Waals surface area contributed by atoms with Crippen LogP contribution in [0.25, 0.3) is 0 Å². The van der Waals surface area contributed by atoms with Gasteiger partial charge in [0.1, 0.15) is 0 Å². The highest BCUT2D eigenvalue weighted by Gasteiger charge is 2.25. The Morgan fingerprint density at radius 2 is 1.47 bits per heavy atom. The third-order valence-electron chi connectivity index (χ3n) is 1.26. The molecule has 17 heavy (non-hydrogen) atoms. The lowest BCUT2D eigenvalue weighted by Crippen LogP contribution is -2.23. The molecule has 12 heteroatoms. The Kier molecular flexibility index (Phi) is 5.00. The zero-order valence-corrected chi connectivity index (χ0v) is 9.89. The summed E-state index contributed by atoms with van der Waals surface area (Å²) in [5, 5.41) is 0. The lowest BCUT2D eigenvalue weighted by molar-refractivity contribution is -0.144. The maximum absolute atomic E-state index is 10.9.